The summed E-state index contributed by atoms with van der Waals surface area (Å²) < 4.78 is 21.2. The van der Waals surface area contributed by atoms with Gasteiger partial charge in [-0.3, -0.25) is 4.79 Å². The normalized spacial score (nSPS) is 16.7. The van der Waals surface area contributed by atoms with E-state index < -0.39 is 0 Å². The Morgan fingerprint density at radius 1 is 1.25 bits per heavy atom. The van der Waals surface area contributed by atoms with Crippen LogP contribution in [0.15, 0.2) is 24.4 Å². The molecule has 7 nitrogen and oxygen atoms in total. The van der Waals surface area contributed by atoms with E-state index in [-0.39, 0.29) is 11.7 Å². The lowest BCUT2D eigenvalue weighted by Crippen LogP contribution is -2.30. The van der Waals surface area contributed by atoms with Gasteiger partial charge in [-0.25, -0.2) is 14.1 Å². The summed E-state index contributed by atoms with van der Waals surface area (Å²) in [4.78, 5) is 19.8. The van der Waals surface area contributed by atoms with Gasteiger partial charge in [0.15, 0.2) is 5.65 Å². The number of aryl methyl sites for hydroxylation is 2. The number of rotatable bonds is 6. The van der Waals surface area contributed by atoms with E-state index in [2.05, 4.69) is 24.3 Å². The Morgan fingerprint density at radius 3 is 2.81 bits per heavy atom. The number of hydrogen-bond acceptors (Lipinski definition) is 5. The summed E-state index contributed by atoms with van der Waals surface area (Å²) in [5.74, 6) is -0.520. The van der Waals surface area contributed by atoms with Crippen LogP contribution < -0.4 is 5.32 Å². The molecule has 0 bridgehead atoms. The molecule has 8 heteroatoms. The number of hydrogen-bond donors (Lipinski definition) is 1. The highest BCUT2D eigenvalue weighted by molar-refractivity contribution is 5.98. The van der Waals surface area contributed by atoms with E-state index in [4.69, 9.17) is 9.72 Å². The van der Waals surface area contributed by atoms with Crippen LogP contribution in [0.5, 0.6) is 0 Å². The lowest BCUT2D eigenvalue weighted by atomic mass is 10.0. The zero-order valence-electron chi connectivity index (χ0n) is 18.5. The molecule has 5 rings (SSSR count). The molecule has 0 spiro atoms. The molecule has 1 fully saturated rings. The second kappa shape index (κ2) is 8.50. The summed E-state index contributed by atoms with van der Waals surface area (Å²) in [5.41, 5.74) is 5.16. The van der Waals surface area contributed by atoms with Crippen LogP contribution in [0, 0.1) is 5.82 Å². The number of carbonyl (C=O) groups excluding carboxylic acids is 1. The first-order valence-corrected chi connectivity index (χ1v) is 11.4. The summed E-state index contributed by atoms with van der Waals surface area (Å²) in [5, 5.41) is 9.27. The Labute approximate surface area is 186 Å². The van der Waals surface area contributed by atoms with Gasteiger partial charge in [0.2, 0.25) is 0 Å². The van der Waals surface area contributed by atoms with Crippen molar-refractivity contribution in [1.29, 1.82) is 0 Å². The maximum atomic E-state index is 13.7. The Morgan fingerprint density at radius 2 is 2.06 bits per heavy atom. The minimum absolute atomic E-state index is 0.136. The third-order valence-corrected chi connectivity index (χ3v) is 6.48. The van der Waals surface area contributed by atoms with Gasteiger partial charge in [-0.1, -0.05) is 13.0 Å². The molecule has 4 heterocycles. The Hall–Kier alpha value is -3.00. The second-order valence-corrected chi connectivity index (χ2v) is 8.46. The van der Waals surface area contributed by atoms with E-state index in [0.29, 0.717) is 24.7 Å². The van der Waals surface area contributed by atoms with Gasteiger partial charge in [0.1, 0.15) is 5.82 Å². The lowest BCUT2D eigenvalue weighted by Gasteiger charge is -2.28. The van der Waals surface area contributed by atoms with Gasteiger partial charge in [-0.2, -0.15) is 5.10 Å². The fraction of sp³-hybridized carbons (Fsp3) is 0.458. The molecule has 1 aromatic carbocycles. The molecular formula is C24H28FN5O2. The van der Waals surface area contributed by atoms with Crippen molar-refractivity contribution >= 4 is 22.6 Å². The number of benzene rings is 1. The Kier molecular flexibility index (Phi) is 5.55. The van der Waals surface area contributed by atoms with Gasteiger partial charge in [0.25, 0.3) is 5.91 Å². The molecule has 168 valence electrons. The molecule has 0 aliphatic carbocycles. The Balaban J connectivity index is 1.56. The number of aromatic nitrogens is 3. The third-order valence-electron chi connectivity index (χ3n) is 6.48. The highest BCUT2D eigenvalue weighted by Gasteiger charge is 2.30. The lowest BCUT2D eigenvalue weighted by molar-refractivity contribution is 0.0766. The van der Waals surface area contributed by atoms with Gasteiger partial charge in [-0.15, -0.1) is 0 Å². The van der Waals surface area contributed by atoms with Crippen LogP contribution in [0.1, 0.15) is 53.9 Å². The van der Waals surface area contributed by atoms with Gasteiger partial charge in [0, 0.05) is 49.2 Å². The number of halogens is 1. The van der Waals surface area contributed by atoms with Crippen molar-refractivity contribution in [3.8, 4) is 0 Å². The summed E-state index contributed by atoms with van der Waals surface area (Å²) in [6.07, 6.45) is 4.47. The number of ether oxygens (including phenoxy) is 1. The molecule has 1 amide bonds. The molecule has 1 saturated heterocycles. The maximum absolute atomic E-state index is 13.7. The SMILES string of the molecule is CCc1nc2c(cnn2CC)c(NC2CCOCC2)c1CN1Cc2ccc(F)cc2C1=O. The smallest absolute Gasteiger partial charge is 0.254 e. The summed E-state index contributed by atoms with van der Waals surface area (Å²) in [6.45, 7) is 7.24. The van der Waals surface area contributed by atoms with E-state index >= 15 is 0 Å². The van der Waals surface area contributed by atoms with Crippen molar-refractivity contribution in [1.82, 2.24) is 19.7 Å². The molecular weight excluding hydrogens is 409 g/mol. The topological polar surface area (TPSA) is 72.3 Å². The van der Waals surface area contributed by atoms with Crippen LogP contribution >= 0.6 is 0 Å². The summed E-state index contributed by atoms with van der Waals surface area (Å²) in [7, 11) is 0. The summed E-state index contributed by atoms with van der Waals surface area (Å²) in [6, 6.07) is 4.75. The van der Waals surface area contributed by atoms with E-state index in [0.717, 1.165) is 72.6 Å². The fourth-order valence-electron chi connectivity index (χ4n) is 4.73. The molecule has 0 atom stereocenters. The van der Waals surface area contributed by atoms with E-state index in [1.165, 1.54) is 12.1 Å². The largest absolute Gasteiger partial charge is 0.381 e. The van der Waals surface area contributed by atoms with Crippen molar-refractivity contribution in [2.24, 2.45) is 0 Å². The number of anilines is 1. The van der Waals surface area contributed by atoms with Crippen LogP contribution in [-0.4, -0.2) is 44.8 Å². The van der Waals surface area contributed by atoms with Gasteiger partial charge in [-0.05, 0) is 43.9 Å². The predicted octanol–water partition coefficient (Wildman–Crippen LogP) is 3.90. The number of pyridine rings is 1. The summed E-state index contributed by atoms with van der Waals surface area (Å²) >= 11 is 0. The molecule has 0 saturated carbocycles. The number of nitrogens with zero attached hydrogens (tertiary/aromatic N) is 4. The van der Waals surface area contributed by atoms with Crippen LogP contribution in [0.25, 0.3) is 11.0 Å². The molecule has 0 unspecified atom stereocenters. The Bertz CT molecular complexity index is 1170. The highest BCUT2D eigenvalue weighted by Crippen LogP contribution is 2.34. The minimum Gasteiger partial charge on any atom is -0.381 e. The second-order valence-electron chi connectivity index (χ2n) is 8.46. The van der Waals surface area contributed by atoms with E-state index in [1.807, 2.05) is 10.9 Å². The fourth-order valence-corrected chi connectivity index (χ4v) is 4.73. The molecule has 1 N–H and O–H groups in total. The molecule has 2 aliphatic rings. The molecule has 2 aliphatic heterocycles. The monoisotopic (exact) mass is 437 g/mol. The highest BCUT2D eigenvalue weighted by atomic mass is 19.1. The first-order chi connectivity index (χ1) is 15.6. The van der Waals surface area contributed by atoms with Crippen molar-refractivity contribution in [3.05, 3.63) is 52.6 Å². The first-order valence-electron chi connectivity index (χ1n) is 11.4. The molecule has 0 radical (unpaired) electrons. The third kappa shape index (κ3) is 3.62. The van der Waals surface area contributed by atoms with Crippen LogP contribution in [0.3, 0.4) is 0 Å². The average molecular weight is 438 g/mol. The number of nitrogens with one attached hydrogen (secondary N) is 1. The van der Waals surface area contributed by atoms with Crippen molar-refractivity contribution in [2.45, 2.75) is 58.8 Å². The van der Waals surface area contributed by atoms with Gasteiger partial charge < -0.3 is 15.0 Å². The van der Waals surface area contributed by atoms with Gasteiger partial charge in [0.05, 0.1) is 23.8 Å². The number of amides is 1. The quantitative estimate of drug-likeness (QED) is 0.633. The maximum Gasteiger partial charge on any atom is 0.254 e. The minimum atomic E-state index is -0.384. The molecule has 3 aromatic rings. The van der Waals surface area contributed by atoms with E-state index in [1.54, 1.807) is 11.0 Å². The molecule has 32 heavy (non-hydrogen) atoms. The average Bonchev–Trinajstić information content (AvgIpc) is 3.36. The number of carbonyl (C=O) groups is 1. The van der Waals surface area contributed by atoms with Crippen LogP contribution in [-0.2, 0) is 30.8 Å². The molecule has 2 aromatic heterocycles. The van der Waals surface area contributed by atoms with Gasteiger partial charge >= 0.3 is 0 Å². The van der Waals surface area contributed by atoms with Crippen molar-refractivity contribution in [2.75, 3.05) is 18.5 Å². The van der Waals surface area contributed by atoms with Crippen molar-refractivity contribution < 1.29 is 13.9 Å². The van der Waals surface area contributed by atoms with Crippen molar-refractivity contribution in [3.63, 3.8) is 0 Å². The number of fused-ring (bicyclic) bond motifs is 2. The van der Waals surface area contributed by atoms with Crippen LogP contribution in [0.2, 0.25) is 0 Å². The zero-order chi connectivity index (χ0) is 22.2. The standard InChI is InChI=1S/C24H28FN5O2/c1-3-21-20(14-29-13-15-5-6-16(25)11-18(15)24(29)31)22(27-17-7-9-32-10-8-17)19-12-26-30(4-2)23(19)28-21/h5-6,11-12,17H,3-4,7-10,13-14H2,1-2H3,(H,27,28). The zero-order valence-corrected chi connectivity index (χ0v) is 18.5. The van der Waals surface area contributed by atoms with E-state index in [9.17, 15) is 9.18 Å². The predicted molar refractivity (Wildman–Crippen MR) is 120 cm³/mol. The first kappa shape index (κ1) is 20.9. The van der Waals surface area contributed by atoms with Crippen LogP contribution in [0.4, 0.5) is 10.1 Å².